The number of fused-ring (bicyclic) bond motifs is 7. The number of hydrogen-bond acceptors (Lipinski definition) is 4. The van der Waals surface area contributed by atoms with Crippen LogP contribution in [0.2, 0.25) is 0 Å². The van der Waals surface area contributed by atoms with Gasteiger partial charge in [0.1, 0.15) is 11.2 Å². The molecular formula is C43H26N4O. The molecule has 48 heavy (non-hydrogen) atoms. The van der Waals surface area contributed by atoms with Gasteiger partial charge in [0, 0.05) is 27.1 Å². The molecule has 0 fully saturated rings. The van der Waals surface area contributed by atoms with E-state index in [1.807, 2.05) is 60.7 Å². The van der Waals surface area contributed by atoms with Crippen LogP contribution in [0, 0.1) is 0 Å². The lowest BCUT2D eigenvalue weighted by molar-refractivity contribution is 0.669. The molecule has 0 aliphatic heterocycles. The predicted molar refractivity (Wildman–Crippen MR) is 195 cm³/mol. The van der Waals surface area contributed by atoms with Crippen molar-refractivity contribution in [3.63, 3.8) is 0 Å². The normalized spacial score (nSPS) is 11.8. The summed E-state index contributed by atoms with van der Waals surface area (Å²) < 4.78 is 8.82. The van der Waals surface area contributed by atoms with E-state index >= 15 is 0 Å². The van der Waals surface area contributed by atoms with Crippen molar-refractivity contribution < 1.29 is 4.42 Å². The van der Waals surface area contributed by atoms with Crippen LogP contribution in [0.15, 0.2) is 162 Å². The zero-order chi connectivity index (χ0) is 31.6. The zero-order valence-electron chi connectivity index (χ0n) is 25.7. The Balaban J connectivity index is 1.33. The van der Waals surface area contributed by atoms with Gasteiger partial charge in [0.25, 0.3) is 0 Å². The fourth-order valence-electron chi connectivity index (χ4n) is 7.11. The first-order valence-electron chi connectivity index (χ1n) is 16.0. The second-order valence-electron chi connectivity index (χ2n) is 12.0. The molecule has 0 spiro atoms. The molecule has 0 N–H and O–H groups in total. The van der Waals surface area contributed by atoms with Gasteiger partial charge in [-0.1, -0.05) is 127 Å². The third-order valence-electron chi connectivity index (χ3n) is 9.26. The minimum Gasteiger partial charge on any atom is -0.455 e. The Bertz CT molecular complexity index is 2800. The van der Waals surface area contributed by atoms with Gasteiger partial charge in [-0.15, -0.1) is 0 Å². The van der Waals surface area contributed by atoms with Gasteiger partial charge in [-0.25, -0.2) is 15.0 Å². The highest BCUT2D eigenvalue weighted by Gasteiger charge is 2.22. The van der Waals surface area contributed by atoms with Crippen LogP contribution in [0.3, 0.4) is 0 Å². The van der Waals surface area contributed by atoms with Gasteiger partial charge in [0.15, 0.2) is 17.5 Å². The summed E-state index contributed by atoms with van der Waals surface area (Å²) in [7, 11) is 0. The van der Waals surface area contributed by atoms with Crippen LogP contribution in [0.5, 0.6) is 0 Å². The molecule has 0 unspecified atom stereocenters. The van der Waals surface area contributed by atoms with Gasteiger partial charge in [0.05, 0.1) is 27.8 Å². The smallest absolute Gasteiger partial charge is 0.167 e. The Hall–Kier alpha value is -6.59. The number of benzene rings is 7. The van der Waals surface area contributed by atoms with Crippen molar-refractivity contribution in [2.45, 2.75) is 0 Å². The summed E-state index contributed by atoms with van der Waals surface area (Å²) in [6, 6.07) is 54.4. The van der Waals surface area contributed by atoms with Gasteiger partial charge in [0.2, 0.25) is 0 Å². The summed E-state index contributed by atoms with van der Waals surface area (Å²) in [6.07, 6.45) is 0. The molecule has 0 aliphatic rings. The summed E-state index contributed by atoms with van der Waals surface area (Å²) in [5.74, 6) is 1.76. The highest BCUT2D eigenvalue weighted by atomic mass is 16.3. The highest BCUT2D eigenvalue weighted by Crippen LogP contribution is 2.40. The van der Waals surface area contributed by atoms with Crippen LogP contribution in [-0.2, 0) is 0 Å². The first-order chi connectivity index (χ1) is 23.8. The Morgan fingerprint density at radius 3 is 1.81 bits per heavy atom. The maximum absolute atomic E-state index is 6.47. The monoisotopic (exact) mass is 614 g/mol. The fraction of sp³-hybridized carbons (Fsp3) is 0. The third kappa shape index (κ3) is 4.01. The van der Waals surface area contributed by atoms with Crippen molar-refractivity contribution in [2.24, 2.45) is 0 Å². The number of aromatic nitrogens is 4. The molecule has 3 heterocycles. The molecule has 0 amide bonds. The van der Waals surface area contributed by atoms with Gasteiger partial charge in [-0.2, -0.15) is 0 Å². The SMILES string of the molecule is c1ccc(-c2nc(-c3c(-n4c5ccccc5c5ccccc54)ccc4ccccc34)nc(-c3cccc4c3oc3ccccc34)n2)cc1. The fourth-order valence-corrected chi connectivity index (χ4v) is 7.11. The Labute approximate surface area is 275 Å². The van der Waals surface area contributed by atoms with Gasteiger partial charge in [-0.05, 0) is 41.1 Å². The van der Waals surface area contributed by atoms with E-state index in [1.54, 1.807) is 0 Å². The first-order valence-corrected chi connectivity index (χ1v) is 16.0. The molecule has 5 nitrogen and oxygen atoms in total. The predicted octanol–water partition coefficient (Wildman–Crippen LogP) is 11.0. The van der Waals surface area contributed by atoms with Crippen LogP contribution in [0.1, 0.15) is 0 Å². The lowest BCUT2D eigenvalue weighted by Gasteiger charge is -2.17. The van der Waals surface area contributed by atoms with Crippen LogP contribution in [0.4, 0.5) is 0 Å². The summed E-state index contributed by atoms with van der Waals surface area (Å²) in [6.45, 7) is 0. The largest absolute Gasteiger partial charge is 0.455 e. The van der Waals surface area contributed by atoms with Gasteiger partial charge < -0.3 is 8.98 Å². The van der Waals surface area contributed by atoms with Crippen molar-refractivity contribution in [1.82, 2.24) is 19.5 Å². The van der Waals surface area contributed by atoms with Gasteiger partial charge >= 0.3 is 0 Å². The zero-order valence-corrected chi connectivity index (χ0v) is 25.7. The van der Waals surface area contributed by atoms with E-state index in [-0.39, 0.29) is 0 Å². The number of hydrogen-bond donors (Lipinski definition) is 0. The number of rotatable bonds is 4. The van der Waals surface area contributed by atoms with Crippen LogP contribution >= 0.6 is 0 Å². The molecule has 0 saturated heterocycles. The molecule has 0 atom stereocenters. The number of furan rings is 1. The molecule has 3 aromatic heterocycles. The molecule has 0 bridgehead atoms. The molecule has 5 heteroatoms. The molecular weight excluding hydrogens is 589 g/mol. The third-order valence-corrected chi connectivity index (χ3v) is 9.26. The van der Waals surface area contributed by atoms with Crippen molar-refractivity contribution in [1.29, 1.82) is 0 Å². The quantitative estimate of drug-likeness (QED) is 0.198. The van der Waals surface area contributed by atoms with E-state index in [2.05, 4.69) is 102 Å². The number of para-hydroxylation sites is 4. The minimum atomic E-state index is 0.560. The molecule has 0 saturated carbocycles. The summed E-state index contributed by atoms with van der Waals surface area (Å²) in [5, 5.41) is 6.67. The average molecular weight is 615 g/mol. The first kappa shape index (κ1) is 26.6. The molecule has 0 aliphatic carbocycles. The van der Waals surface area contributed by atoms with E-state index in [0.717, 1.165) is 66.1 Å². The highest BCUT2D eigenvalue weighted by molar-refractivity contribution is 6.11. The maximum atomic E-state index is 6.47. The van der Waals surface area contributed by atoms with Crippen LogP contribution < -0.4 is 0 Å². The molecule has 224 valence electrons. The van der Waals surface area contributed by atoms with Crippen molar-refractivity contribution >= 4 is 54.5 Å². The topological polar surface area (TPSA) is 56.7 Å². The lowest BCUT2D eigenvalue weighted by Crippen LogP contribution is -2.04. The summed E-state index contributed by atoms with van der Waals surface area (Å²) in [4.78, 5) is 15.6. The standard InChI is InChI=1S/C43H26N4O/c1-2-14-28(15-3-1)41-44-42(34-21-12-20-33-32-19-8-11-24-38(32)48-40(33)34)46-43(45-41)39-29-16-5-4-13-27(29)25-26-37(39)47-35-22-9-6-17-30(35)31-18-7-10-23-36(31)47/h1-26H. The Kier molecular flexibility index (Phi) is 5.81. The molecule has 10 aromatic rings. The Morgan fingerprint density at radius 2 is 1.02 bits per heavy atom. The van der Waals surface area contributed by atoms with E-state index in [0.29, 0.717) is 17.5 Å². The Morgan fingerprint density at radius 1 is 0.417 bits per heavy atom. The van der Waals surface area contributed by atoms with Crippen LogP contribution in [-0.4, -0.2) is 19.5 Å². The summed E-state index contributed by atoms with van der Waals surface area (Å²) in [5.41, 5.74) is 7.53. The average Bonchev–Trinajstić information content (AvgIpc) is 3.70. The van der Waals surface area contributed by atoms with Gasteiger partial charge in [-0.3, -0.25) is 0 Å². The van der Waals surface area contributed by atoms with E-state index in [4.69, 9.17) is 19.4 Å². The minimum absolute atomic E-state index is 0.560. The van der Waals surface area contributed by atoms with E-state index in [1.165, 1.54) is 10.8 Å². The molecule has 7 aromatic carbocycles. The van der Waals surface area contributed by atoms with Crippen molar-refractivity contribution in [2.75, 3.05) is 0 Å². The molecule has 0 radical (unpaired) electrons. The second-order valence-corrected chi connectivity index (χ2v) is 12.0. The summed E-state index contributed by atoms with van der Waals surface area (Å²) >= 11 is 0. The lowest BCUT2D eigenvalue weighted by atomic mass is 10.0. The van der Waals surface area contributed by atoms with Crippen LogP contribution in [0.25, 0.3) is 94.4 Å². The van der Waals surface area contributed by atoms with Crippen molar-refractivity contribution in [3.05, 3.63) is 158 Å². The van der Waals surface area contributed by atoms with E-state index in [9.17, 15) is 0 Å². The number of nitrogens with zero attached hydrogens (tertiary/aromatic N) is 4. The van der Waals surface area contributed by atoms with Crippen molar-refractivity contribution in [3.8, 4) is 39.9 Å². The second kappa shape index (κ2) is 10.5. The molecule has 10 rings (SSSR count). The maximum Gasteiger partial charge on any atom is 0.167 e. The van der Waals surface area contributed by atoms with E-state index < -0.39 is 0 Å².